The topological polar surface area (TPSA) is 172 Å². The summed E-state index contributed by atoms with van der Waals surface area (Å²) >= 11 is 0. The minimum atomic E-state index is -1.18. The number of carbonyl (C=O) groups is 1. The van der Waals surface area contributed by atoms with E-state index in [0.717, 1.165) is 0 Å². The van der Waals surface area contributed by atoms with E-state index in [0.29, 0.717) is 36.6 Å². The fourth-order valence-electron chi connectivity index (χ4n) is 3.33. The van der Waals surface area contributed by atoms with Gasteiger partial charge in [-0.05, 0) is 26.9 Å². The number of ether oxygens (including phenoxy) is 1. The number of rotatable bonds is 9. The molecule has 1 aliphatic heterocycles. The number of nitrogens with two attached hydrogens (primary N) is 1. The Morgan fingerprint density at radius 2 is 2.14 bits per heavy atom. The van der Waals surface area contributed by atoms with Crippen LogP contribution in [0.2, 0.25) is 0 Å². The van der Waals surface area contributed by atoms with Crippen molar-refractivity contribution in [2.75, 3.05) is 32.0 Å². The van der Waals surface area contributed by atoms with E-state index in [2.05, 4.69) is 20.3 Å². The largest absolute Gasteiger partial charge is 0.480 e. The van der Waals surface area contributed by atoms with Gasteiger partial charge in [0.1, 0.15) is 30.7 Å². The number of carboxylic acid groups (broad SMARTS) is 1. The zero-order chi connectivity index (χ0) is 21.1. The second kappa shape index (κ2) is 8.97. The zero-order valence-corrected chi connectivity index (χ0v) is 16.3. The molecule has 0 radical (unpaired) electrons. The normalized spacial score (nSPS) is 25.6. The Kier molecular flexibility index (Phi) is 6.59. The number of aromatic nitrogens is 4. The molecule has 0 saturated carbocycles. The van der Waals surface area contributed by atoms with Gasteiger partial charge in [0, 0.05) is 13.1 Å². The van der Waals surface area contributed by atoms with Crippen LogP contribution in [0.15, 0.2) is 12.7 Å². The van der Waals surface area contributed by atoms with Crippen molar-refractivity contribution in [2.45, 2.75) is 43.9 Å². The lowest BCUT2D eigenvalue weighted by Gasteiger charge is -2.23. The Bertz CT molecular complexity index is 847. The van der Waals surface area contributed by atoms with Gasteiger partial charge >= 0.3 is 5.97 Å². The summed E-state index contributed by atoms with van der Waals surface area (Å²) in [4.78, 5) is 25.4. The summed E-state index contributed by atoms with van der Waals surface area (Å²) in [5.74, 6) is -0.479. The molecule has 5 atom stereocenters. The second-order valence-corrected chi connectivity index (χ2v) is 7.12. The van der Waals surface area contributed by atoms with Gasteiger partial charge in [-0.25, -0.2) is 15.0 Å². The molecule has 2 aromatic heterocycles. The van der Waals surface area contributed by atoms with E-state index in [1.165, 1.54) is 12.7 Å². The third-order valence-electron chi connectivity index (χ3n) is 4.94. The van der Waals surface area contributed by atoms with Gasteiger partial charge in [0.05, 0.1) is 6.33 Å². The lowest BCUT2D eigenvalue weighted by atomic mass is 10.1. The molecular weight excluding hydrogens is 382 g/mol. The summed E-state index contributed by atoms with van der Waals surface area (Å²) in [7, 11) is 1.77. The molecule has 0 unspecified atom stereocenters. The lowest BCUT2D eigenvalue weighted by Crippen LogP contribution is -2.40. The van der Waals surface area contributed by atoms with Gasteiger partial charge in [-0.15, -0.1) is 0 Å². The Labute approximate surface area is 167 Å². The molecule has 1 fully saturated rings. The highest BCUT2D eigenvalue weighted by Crippen LogP contribution is 2.32. The molecule has 0 aliphatic carbocycles. The monoisotopic (exact) mass is 409 g/mol. The molecule has 1 saturated heterocycles. The minimum Gasteiger partial charge on any atom is -0.480 e. The number of aliphatic hydroxyl groups excluding tert-OH is 2. The minimum absolute atomic E-state index is 0.261. The van der Waals surface area contributed by atoms with Crippen molar-refractivity contribution >= 4 is 23.0 Å². The summed E-state index contributed by atoms with van der Waals surface area (Å²) in [5, 5.41) is 33.0. The van der Waals surface area contributed by atoms with Crippen LogP contribution in [-0.2, 0) is 9.53 Å². The van der Waals surface area contributed by atoms with Gasteiger partial charge in [0.2, 0.25) is 0 Å². The van der Waals surface area contributed by atoms with E-state index >= 15 is 0 Å². The first-order valence-electron chi connectivity index (χ1n) is 9.43. The van der Waals surface area contributed by atoms with Crippen molar-refractivity contribution in [3.63, 3.8) is 0 Å². The first kappa shape index (κ1) is 21.3. The molecule has 0 aromatic carbocycles. The number of hydrogen-bond acceptors (Lipinski definition) is 10. The Balaban J connectivity index is 1.70. The maximum absolute atomic E-state index is 10.8. The van der Waals surface area contributed by atoms with Crippen LogP contribution in [0.5, 0.6) is 0 Å². The highest BCUT2D eigenvalue weighted by molar-refractivity contribution is 5.82. The first-order chi connectivity index (χ1) is 13.8. The zero-order valence-electron chi connectivity index (χ0n) is 16.3. The molecular formula is C17H27N7O5. The van der Waals surface area contributed by atoms with E-state index in [1.54, 1.807) is 11.6 Å². The third kappa shape index (κ3) is 4.46. The highest BCUT2D eigenvalue weighted by atomic mass is 16.6. The maximum Gasteiger partial charge on any atom is 0.320 e. The number of nitrogens with zero attached hydrogens (tertiary/aromatic N) is 5. The molecule has 0 amide bonds. The van der Waals surface area contributed by atoms with Gasteiger partial charge in [0.25, 0.3) is 0 Å². The molecule has 12 nitrogen and oxygen atoms in total. The van der Waals surface area contributed by atoms with E-state index in [9.17, 15) is 15.0 Å². The van der Waals surface area contributed by atoms with Crippen LogP contribution in [0.3, 0.4) is 0 Å². The van der Waals surface area contributed by atoms with Crippen LogP contribution in [0.4, 0.5) is 5.82 Å². The number of imidazole rings is 1. The number of nitrogens with one attached hydrogen (secondary N) is 1. The molecule has 29 heavy (non-hydrogen) atoms. The summed E-state index contributed by atoms with van der Waals surface area (Å²) in [6, 6.07) is -0.951. The Morgan fingerprint density at radius 1 is 1.38 bits per heavy atom. The molecule has 0 bridgehead atoms. The molecule has 6 N–H and O–H groups in total. The van der Waals surface area contributed by atoms with Crippen molar-refractivity contribution in [3.05, 3.63) is 12.7 Å². The standard InChI is InChI=1S/C17H27N7O5/c1-3-19-14-11-15(21-7-20-14)24(8-22-11)16-13(26)12(25)10(29-16)6-23(2)5-4-9(18)17(27)28/h7-10,12-13,16,25-26H,3-6,18H2,1-2H3,(H,27,28)(H,19,20,21)/t9-,10+,12+,13+,16+/m0/s1. The number of fused-ring (bicyclic) bond motifs is 1. The van der Waals surface area contributed by atoms with Crippen LogP contribution >= 0.6 is 0 Å². The van der Waals surface area contributed by atoms with Crippen molar-refractivity contribution < 1.29 is 24.9 Å². The Morgan fingerprint density at radius 3 is 2.83 bits per heavy atom. The summed E-state index contributed by atoms with van der Waals surface area (Å²) in [6.45, 7) is 3.31. The highest BCUT2D eigenvalue weighted by Gasteiger charge is 2.44. The maximum atomic E-state index is 10.8. The fourth-order valence-corrected chi connectivity index (χ4v) is 3.33. The van der Waals surface area contributed by atoms with Crippen molar-refractivity contribution in [3.8, 4) is 0 Å². The number of carboxylic acids is 1. The summed E-state index contributed by atoms with van der Waals surface area (Å²) in [6.07, 6.45) is -0.677. The van der Waals surface area contributed by atoms with Crippen molar-refractivity contribution in [1.29, 1.82) is 0 Å². The van der Waals surface area contributed by atoms with E-state index < -0.39 is 36.6 Å². The SMILES string of the molecule is CCNc1ncnc2c1ncn2[C@@H]1O[C@H](CN(C)CC[C@H](N)C(=O)O)[C@@H](O)[C@H]1O. The molecule has 2 aromatic rings. The molecule has 0 spiro atoms. The molecule has 1 aliphatic rings. The van der Waals surface area contributed by atoms with E-state index in [-0.39, 0.29) is 6.42 Å². The van der Waals surface area contributed by atoms with Crippen LogP contribution in [0.25, 0.3) is 11.2 Å². The van der Waals surface area contributed by atoms with Gasteiger partial charge in [-0.1, -0.05) is 0 Å². The smallest absolute Gasteiger partial charge is 0.320 e. The number of hydrogen-bond donors (Lipinski definition) is 5. The van der Waals surface area contributed by atoms with Crippen LogP contribution in [0, 0.1) is 0 Å². The number of aliphatic hydroxyl groups is 2. The van der Waals surface area contributed by atoms with E-state index in [4.69, 9.17) is 15.6 Å². The molecule has 160 valence electrons. The number of aliphatic carboxylic acids is 1. The van der Waals surface area contributed by atoms with Crippen LogP contribution in [-0.4, -0.2) is 96.7 Å². The van der Waals surface area contributed by atoms with Gasteiger partial charge < -0.3 is 36.0 Å². The molecule has 3 rings (SSSR count). The van der Waals surface area contributed by atoms with Crippen molar-refractivity contribution in [2.24, 2.45) is 5.73 Å². The lowest BCUT2D eigenvalue weighted by molar-refractivity contribution is -0.138. The van der Waals surface area contributed by atoms with Crippen molar-refractivity contribution in [1.82, 2.24) is 24.4 Å². The predicted molar refractivity (Wildman–Crippen MR) is 103 cm³/mol. The van der Waals surface area contributed by atoms with E-state index in [1.807, 2.05) is 11.8 Å². The first-order valence-corrected chi connectivity index (χ1v) is 9.43. The quantitative estimate of drug-likeness (QED) is 0.330. The third-order valence-corrected chi connectivity index (χ3v) is 4.94. The fraction of sp³-hybridized carbons (Fsp3) is 0.647. The van der Waals surface area contributed by atoms with Crippen LogP contribution < -0.4 is 11.1 Å². The van der Waals surface area contributed by atoms with Gasteiger partial charge in [-0.3, -0.25) is 9.36 Å². The summed E-state index contributed by atoms with van der Waals surface area (Å²) < 4.78 is 7.49. The second-order valence-electron chi connectivity index (χ2n) is 7.12. The summed E-state index contributed by atoms with van der Waals surface area (Å²) in [5.41, 5.74) is 6.55. The number of anilines is 1. The van der Waals surface area contributed by atoms with Gasteiger partial charge in [0.15, 0.2) is 23.2 Å². The molecule has 3 heterocycles. The average molecular weight is 409 g/mol. The van der Waals surface area contributed by atoms with Crippen LogP contribution in [0.1, 0.15) is 19.6 Å². The van der Waals surface area contributed by atoms with Gasteiger partial charge in [-0.2, -0.15) is 0 Å². The number of likely N-dealkylation sites (N-methyl/N-ethyl adjacent to an activating group) is 1. The molecule has 12 heteroatoms. The average Bonchev–Trinajstić information content (AvgIpc) is 3.23. The predicted octanol–water partition coefficient (Wildman–Crippen LogP) is -1.39. The Hall–Kier alpha value is -2.38.